The Morgan fingerprint density at radius 1 is 0.929 bits per heavy atom. The van der Waals surface area contributed by atoms with Crippen LogP contribution in [-0.4, -0.2) is 23.3 Å². The van der Waals surface area contributed by atoms with Crippen molar-refractivity contribution in [2.45, 2.75) is 0 Å². The van der Waals surface area contributed by atoms with Crippen LogP contribution in [0.3, 0.4) is 0 Å². The summed E-state index contributed by atoms with van der Waals surface area (Å²) in [5.41, 5.74) is 3.09. The minimum absolute atomic E-state index is 0.210. The van der Waals surface area contributed by atoms with Gasteiger partial charge in [-0.25, -0.2) is 4.79 Å². The number of carbonyl (C=O) groups excluding carboxylic acids is 2. The van der Waals surface area contributed by atoms with Crippen LogP contribution in [0, 0.1) is 5.21 Å². The van der Waals surface area contributed by atoms with Crippen molar-refractivity contribution in [1.82, 2.24) is 4.98 Å². The molecule has 138 valence electrons. The molecular weight excluding hydrogens is 356 g/mol. The SMILES string of the molecule is O=C(OCC(=O)c1c(-c2ccccc2)[nH]c2ccccc12)c1cc[n+]([O-])cc1. The van der Waals surface area contributed by atoms with Crippen molar-refractivity contribution in [3.8, 4) is 11.3 Å². The lowest BCUT2D eigenvalue weighted by Crippen LogP contribution is -2.24. The zero-order chi connectivity index (χ0) is 19.5. The number of hydrogen-bond donors (Lipinski definition) is 1. The lowest BCUT2D eigenvalue weighted by Gasteiger charge is -2.06. The maximum Gasteiger partial charge on any atom is 0.339 e. The Hall–Kier alpha value is -3.93. The standard InChI is InChI=1S/C22H16N2O4/c25-19(14-28-22(26)16-10-12-24(27)13-11-16)20-17-8-4-5-9-18(17)23-21(20)15-6-2-1-3-7-15/h1-13,23H,14H2. The quantitative estimate of drug-likeness (QED) is 0.251. The lowest BCUT2D eigenvalue weighted by molar-refractivity contribution is -0.605. The van der Waals surface area contributed by atoms with Crippen LogP contribution in [0.4, 0.5) is 0 Å². The van der Waals surface area contributed by atoms with E-state index in [1.165, 1.54) is 24.5 Å². The number of benzene rings is 2. The van der Waals surface area contributed by atoms with Gasteiger partial charge in [0, 0.05) is 23.0 Å². The van der Waals surface area contributed by atoms with Gasteiger partial charge in [0.05, 0.1) is 16.8 Å². The highest BCUT2D eigenvalue weighted by Crippen LogP contribution is 2.30. The maximum absolute atomic E-state index is 13.0. The summed E-state index contributed by atoms with van der Waals surface area (Å²) in [5, 5.41) is 11.8. The van der Waals surface area contributed by atoms with Crippen LogP contribution in [0.5, 0.6) is 0 Å². The Morgan fingerprint density at radius 2 is 1.61 bits per heavy atom. The summed E-state index contributed by atoms with van der Waals surface area (Å²) >= 11 is 0. The van der Waals surface area contributed by atoms with Crippen molar-refractivity contribution in [2.24, 2.45) is 0 Å². The Morgan fingerprint density at radius 3 is 2.36 bits per heavy atom. The molecule has 28 heavy (non-hydrogen) atoms. The summed E-state index contributed by atoms with van der Waals surface area (Å²) in [6, 6.07) is 19.7. The molecule has 0 saturated heterocycles. The summed E-state index contributed by atoms with van der Waals surface area (Å²) in [4.78, 5) is 28.4. The highest BCUT2D eigenvalue weighted by atomic mass is 16.5. The number of nitrogens with zero attached hydrogens (tertiary/aromatic N) is 1. The van der Waals surface area contributed by atoms with Crippen LogP contribution >= 0.6 is 0 Å². The van der Waals surface area contributed by atoms with Crippen LogP contribution in [0.15, 0.2) is 79.1 Å². The Balaban J connectivity index is 1.63. The van der Waals surface area contributed by atoms with Crippen molar-refractivity contribution in [1.29, 1.82) is 0 Å². The number of carbonyl (C=O) groups is 2. The second-order valence-corrected chi connectivity index (χ2v) is 6.23. The van der Waals surface area contributed by atoms with Gasteiger partial charge in [0.15, 0.2) is 19.0 Å². The van der Waals surface area contributed by atoms with Crippen LogP contribution in [0.25, 0.3) is 22.2 Å². The number of hydrogen-bond acceptors (Lipinski definition) is 4. The number of aromatic amines is 1. The number of fused-ring (bicyclic) bond motifs is 1. The fourth-order valence-electron chi connectivity index (χ4n) is 3.09. The molecule has 4 rings (SSSR count). The molecule has 0 fully saturated rings. The topological polar surface area (TPSA) is 86.1 Å². The average Bonchev–Trinajstić information content (AvgIpc) is 3.12. The molecule has 0 aliphatic heterocycles. The molecule has 0 aliphatic carbocycles. The van der Waals surface area contributed by atoms with E-state index in [0.29, 0.717) is 16.0 Å². The third-order valence-corrected chi connectivity index (χ3v) is 4.42. The minimum atomic E-state index is -0.657. The summed E-state index contributed by atoms with van der Waals surface area (Å²) in [6.45, 7) is -0.396. The number of pyridine rings is 1. The van der Waals surface area contributed by atoms with Gasteiger partial charge < -0.3 is 14.9 Å². The summed E-state index contributed by atoms with van der Waals surface area (Å²) in [6.07, 6.45) is 2.40. The van der Waals surface area contributed by atoms with Crippen molar-refractivity contribution < 1.29 is 19.1 Å². The molecule has 2 aromatic carbocycles. The van der Waals surface area contributed by atoms with Gasteiger partial charge in [-0.15, -0.1) is 0 Å². The van der Waals surface area contributed by atoms with Crippen molar-refractivity contribution in [2.75, 3.05) is 6.61 Å². The van der Waals surface area contributed by atoms with E-state index in [4.69, 9.17) is 4.74 Å². The van der Waals surface area contributed by atoms with E-state index in [1.54, 1.807) is 0 Å². The molecule has 2 aromatic heterocycles. The number of para-hydroxylation sites is 1. The Bertz CT molecular complexity index is 1150. The van der Waals surface area contributed by atoms with Gasteiger partial charge in [0.2, 0.25) is 5.78 Å². The fourth-order valence-corrected chi connectivity index (χ4v) is 3.09. The smallest absolute Gasteiger partial charge is 0.339 e. The highest BCUT2D eigenvalue weighted by Gasteiger charge is 2.21. The monoisotopic (exact) mass is 372 g/mol. The minimum Gasteiger partial charge on any atom is -0.619 e. The number of Topliss-reactive ketones (excluding diaryl/α,β-unsaturated/α-hetero) is 1. The number of rotatable bonds is 5. The molecule has 6 heteroatoms. The van der Waals surface area contributed by atoms with E-state index >= 15 is 0 Å². The van der Waals surface area contributed by atoms with Crippen molar-refractivity contribution in [3.05, 3.63) is 95.5 Å². The van der Waals surface area contributed by atoms with Gasteiger partial charge >= 0.3 is 5.97 Å². The zero-order valence-electron chi connectivity index (χ0n) is 14.8. The third-order valence-electron chi connectivity index (χ3n) is 4.42. The number of H-pyrrole nitrogens is 1. The van der Waals surface area contributed by atoms with E-state index in [2.05, 4.69) is 4.98 Å². The molecule has 0 atom stereocenters. The second-order valence-electron chi connectivity index (χ2n) is 6.23. The normalized spacial score (nSPS) is 10.7. The second kappa shape index (κ2) is 7.36. The number of esters is 1. The third kappa shape index (κ3) is 3.35. The van der Waals surface area contributed by atoms with Crippen LogP contribution in [0.1, 0.15) is 20.7 Å². The lowest BCUT2D eigenvalue weighted by atomic mass is 10.0. The van der Waals surface area contributed by atoms with E-state index in [9.17, 15) is 14.8 Å². The summed E-state index contributed by atoms with van der Waals surface area (Å²) in [7, 11) is 0. The predicted molar refractivity (Wildman–Crippen MR) is 104 cm³/mol. The number of ketones is 1. The molecule has 0 amide bonds. The molecule has 6 nitrogen and oxygen atoms in total. The van der Waals surface area contributed by atoms with Crippen LogP contribution in [0.2, 0.25) is 0 Å². The first-order chi connectivity index (χ1) is 13.6. The molecular formula is C22H16N2O4. The predicted octanol–water partition coefficient (Wildman–Crippen LogP) is 3.51. The van der Waals surface area contributed by atoms with E-state index in [1.807, 2.05) is 54.6 Å². The van der Waals surface area contributed by atoms with Gasteiger partial charge in [-0.05, 0) is 11.6 Å². The molecule has 0 aliphatic rings. The van der Waals surface area contributed by atoms with Gasteiger partial charge in [0.25, 0.3) is 0 Å². The van der Waals surface area contributed by atoms with Gasteiger partial charge in [-0.2, -0.15) is 4.73 Å². The van der Waals surface area contributed by atoms with E-state index in [0.717, 1.165) is 16.5 Å². The Kier molecular flexibility index (Phi) is 4.60. The molecule has 0 unspecified atom stereocenters. The molecule has 4 aromatic rings. The summed E-state index contributed by atoms with van der Waals surface area (Å²) in [5.74, 6) is -0.963. The molecule has 0 saturated carbocycles. The largest absolute Gasteiger partial charge is 0.619 e. The summed E-state index contributed by atoms with van der Waals surface area (Å²) < 4.78 is 5.75. The van der Waals surface area contributed by atoms with E-state index in [-0.39, 0.29) is 11.3 Å². The molecule has 1 N–H and O–H groups in total. The van der Waals surface area contributed by atoms with Crippen molar-refractivity contribution >= 4 is 22.7 Å². The average molecular weight is 372 g/mol. The van der Waals surface area contributed by atoms with Crippen molar-refractivity contribution in [3.63, 3.8) is 0 Å². The number of nitrogens with one attached hydrogen (secondary N) is 1. The van der Waals surface area contributed by atoms with Gasteiger partial charge in [0.1, 0.15) is 0 Å². The fraction of sp³-hybridized carbons (Fsp3) is 0.0455. The first-order valence-electron chi connectivity index (χ1n) is 8.69. The maximum atomic E-state index is 13.0. The molecule has 0 bridgehead atoms. The Labute approximate surface area is 160 Å². The van der Waals surface area contributed by atoms with E-state index < -0.39 is 12.6 Å². The number of aromatic nitrogens is 2. The first-order valence-corrected chi connectivity index (χ1v) is 8.69. The molecule has 0 spiro atoms. The van der Waals surface area contributed by atoms with Gasteiger partial charge in [-0.3, -0.25) is 4.79 Å². The van der Waals surface area contributed by atoms with Crippen LogP contribution in [-0.2, 0) is 4.74 Å². The number of ether oxygens (including phenoxy) is 1. The molecule has 0 radical (unpaired) electrons. The zero-order valence-corrected chi connectivity index (χ0v) is 14.8. The highest BCUT2D eigenvalue weighted by molar-refractivity contribution is 6.14. The van der Waals surface area contributed by atoms with Crippen LogP contribution < -0.4 is 4.73 Å². The first kappa shape index (κ1) is 17.5. The molecule has 2 heterocycles. The van der Waals surface area contributed by atoms with Gasteiger partial charge in [-0.1, -0.05) is 48.5 Å².